The number of nitrogens with zero attached hydrogens (tertiary/aromatic N) is 1. The highest BCUT2D eigenvalue weighted by molar-refractivity contribution is 4.56. The normalized spacial score (nSPS) is 11.3. The molecule has 0 amide bonds. The van der Waals surface area contributed by atoms with E-state index in [1.54, 1.807) is 13.8 Å². The smallest absolute Gasteiger partial charge is 0.172 e. The molecule has 0 aliphatic heterocycles. The Morgan fingerprint density at radius 3 is 2.00 bits per heavy atom. The molecule has 1 N–H and O–H groups in total. The van der Waals surface area contributed by atoms with Gasteiger partial charge >= 0.3 is 0 Å². The van der Waals surface area contributed by atoms with Crippen LogP contribution in [0.25, 0.3) is 0 Å². The summed E-state index contributed by atoms with van der Waals surface area (Å²) in [6.45, 7) is 3.44. The molecule has 0 spiro atoms. The first-order valence-electron chi connectivity index (χ1n) is 2.06. The van der Waals surface area contributed by atoms with Gasteiger partial charge in [-0.25, -0.2) is 5.53 Å². The SMILES string of the molecule is COC(C)(C)N=N. The van der Waals surface area contributed by atoms with Crippen LogP contribution >= 0.6 is 0 Å². The first-order chi connectivity index (χ1) is 3.12. The summed E-state index contributed by atoms with van der Waals surface area (Å²) in [7, 11) is 1.53. The molecule has 0 aromatic carbocycles. The van der Waals surface area contributed by atoms with Gasteiger partial charge in [-0.05, 0) is 13.8 Å². The summed E-state index contributed by atoms with van der Waals surface area (Å²) < 4.78 is 4.73. The molecule has 3 nitrogen and oxygen atoms in total. The van der Waals surface area contributed by atoms with Crippen molar-refractivity contribution < 1.29 is 4.74 Å². The Hall–Kier alpha value is -0.440. The molecule has 0 saturated heterocycles. The largest absolute Gasteiger partial charge is 0.356 e. The van der Waals surface area contributed by atoms with Gasteiger partial charge in [0.1, 0.15) is 0 Å². The molecule has 0 unspecified atom stereocenters. The topological polar surface area (TPSA) is 45.4 Å². The zero-order valence-electron chi connectivity index (χ0n) is 4.86. The molecule has 0 fully saturated rings. The standard InChI is InChI=1S/C4H10N2O/c1-4(2,6-5)7-3/h5H,1-3H3. The average molecular weight is 102 g/mol. The van der Waals surface area contributed by atoms with Gasteiger partial charge in [0.25, 0.3) is 0 Å². The van der Waals surface area contributed by atoms with Gasteiger partial charge < -0.3 is 4.74 Å². The lowest BCUT2D eigenvalue weighted by molar-refractivity contribution is 0.0220. The van der Waals surface area contributed by atoms with Crippen molar-refractivity contribution in [2.75, 3.05) is 7.11 Å². The molecule has 7 heavy (non-hydrogen) atoms. The van der Waals surface area contributed by atoms with Gasteiger partial charge in [0.05, 0.1) is 0 Å². The lowest BCUT2D eigenvalue weighted by atomic mass is 10.3. The molecule has 0 atom stereocenters. The molecule has 3 heteroatoms. The van der Waals surface area contributed by atoms with Crippen LogP contribution < -0.4 is 0 Å². The van der Waals surface area contributed by atoms with Crippen LogP contribution in [0.5, 0.6) is 0 Å². The molecule has 0 rings (SSSR count). The van der Waals surface area contributed by atoms with Crippen LogP contribution in [-0.4, -0.2) is 12.8 Å². The van der Waals surface area contributed by atoms with E-state index in [1.165, 1.54) is 7.11 Å². The van der Waals surface area contributed by atoms with Crippen molar-refractivity contribution in [1.29, 1.82) is 5.53 Å². The van der Waals surface area contributed by atoms with E-state index in [9.17, 15) is 0 Å². The maximum Gasteiger partial charge on any atom is 0.172 e. The van der Waals surface area contributed by atoms with E-state index in [-0.39, 0.29) is 0 Å². The predicted octanol–water partition coefficient (Wildman–Crippen LogP) is 1.40. The molecule has 0 radical (unpaired) electrons. The second kappa shape index (κ2) is 2.02. The molecule has 0 saturated carbocycles. The van der Waals surface area contributed by atoms with E-state index >= 15 is 0 Å². The van der Waals surface area contributed by atoms with Crippen LogP contribution in [0.1, 0.15) is 13.8 Å². The van der Waals surface area contributed by atoms with Gasteiger partial charge in [-0.2, -0.15) is 5.11 Å². The van der Waals surface area contributed by atoms with Crippen molar-refractivity contribution in [2.45, 2.75) is 19.6 Å². The summed E-state index contributed by atoms with van der Waals surface area (Å²) in [6.07, 6.45) is 0. The van der Waals surface area contributed by atoms with Crippen molar-refractivity contribution in [2.24, 2.45) is 5.11 Å². The Morgan fingerprint density at radius 1 is 1.57 bits per heavy atom. The van der Waals surface area contributed by atoms with Crippen molar-refractivity contribution in [3.05, 3.63) is 0 Å². The Balaban J connectivity index is 3.58. The van der Waals surface area contributed by atoms with Gasteiger partial charge in [-0.1, -0.05) is 0 Å². The maximum absolute atomic E-state index is 6.51. The fourth-order valence-corrected chi connectivity index (χ4v) is 0.0456. The molecule has 0 aromatic rings. The number of nitrogens with one attached hydrogen (secondary N) is 1. The number of ether oxygens (including phenoxy) is 1. The minimum Gasteiger partial charge on any atom is -0.356 e. The maximum atomic E-state index is 6.51. The van der Waals surface area contributed by atoms with Crippen molar-refractivity contribution in [3.63, 3.8) is 0 Å². The van der Waals surface area contributed by atoms with E-state index in [0.717, 1.165) is 0 Å². The summed E-state index contributed by atoms with van der Waals surface area (Å²) in [5.74, 6) is 0. The highest BCUT2D eigenvalue weighted by Gasteiger charge is 2.11. The van der Waals surface area contributed by atoms with Crippen molar-refractivity contribution in [1.82, 2.24) is 0 Å². The monoisotopic (exact) mass is 102 g/mol. The fraction of sp³-hybridized carbons (Fsp3) is 1.00. The zero-order chi connectivity index (χ0) is 5.91. The zero-order valence-corrected chi connectivity index (χ0v) is 4.86. The third-order valence-electron chi connectivity index (χ3n) is 0.769. The van der Waals surface area contributed by atoms with E-state index in [4.69, 9.17) is 10.3 Å². The minimum atomic E-state index is -0.625. The molecule has 0 bridgehead atoms. The molecular formula is C4H10N2O. The van der Waals surface area contributed by atoms with E-state index in [2.05, 4.69) is 5.11 Å². The molecule has 0 heterocycles. The number of rotatable bonds is 2. The number of hydrogen-bond acceptors (Lipinski definition) is 3. The van der Waals surface area contributed by atoms with Crippen LogP contribution in [0.3, 0.4) is 0 Å². The third kappa shape index (κ3) is 2.28. The third-order valence-corrected chi connectivity index (χ3v) is 0.769. The minimum absolute atomic E-state index is 0.625. The van der Waals surface area contributed by atoms with Gasteiger partial charge in [0, 0.05) is 7.11 Å². The number of hydrogen-bond donors (Lipinski definition) is 1. The van der Waals surface area contributed by atoms with E-state index in [1.807, 2.05) is 0 Å². The van der Waals surface area contributed by atoms with Gasteiger partial charge in [-0.3, -0.25) is 0 Å². The highest BCUT2D eigenvalue weighted by Crippen LogP contribution is 2.06. The van der Waals surface area contributed by atoms with Gasteiger partial charge in [0.2, 0.25) is 0 Å². The highest BCUT2D eigenvalue weighted by atomic mass is 16.5. The van der Waals surface area contributed by atoms with E-state index in [0.29, 0.717) is 0 Å². The number of methoxy groups -OCH3 is 1. The predicted molar refractivity (Wildman–Crippen MR) is 26.2 cm³/mol. The molecular weight excluding hydrogens is 92.1 g/mol. The lowest BCUT2D eigenvalue weighted by Crippen LogP contribution is -2.17. The average Bonchev–Trinajstić information content (AvgIpc) is 1.68. The molecule has 0 aliphatic carbocycles. The lowest BCUT2D eigenvalue weighted by Gasteiger charge is -2.12. The Kier molecular flexibility index (Phi) is 1.90. The first-order valence-corrected chi connectivity index (χ1v) is 2.06. The molecule has 42 valence electrons. The van der Waals surface area contributed by atoms with Crippen LogP contribution in [-0.2, 0) is 4.74 Å². The Morgan fingerprint density at radius 2 is 2.00 bits per heavy atom. The van der Waals surface area contributed by atoms with Crippen molar-refractivity contribution in [3.8, 4) is 0 Å². The van der Waals surface area contributed by atoms with Crippen LogP contribution in [0.4, 0.5) is 0 Å². The quantitative estimate of drug-likeness (QED) is 0.526. The summed E-state index contributed by atoms with van der Waals surface area (Å²) >= 11 is 0. The summed E-state index contributed by atoms with van der Waals surface area (Å²) in [5, 5.41) is 3.17. The summed E-state index contributed by atoms with van der Waals surface area (Å²) in [4.78, 5) is 0. The second-order valence-corrected chi connectivity index (χ2v) is 1.76. The first kappa shape index (κ1) is 6.56. The van der Waals surface area contributed by atoms with E-state index < -0.39 is 5.72 Å². The summed E-state index contributed by atoms with van der Waals surface area (Å²) in [6, 6.07) is 0. The van der Waals surface area contributed by atoms with Gasteiger partial charge in [0.15, 0.2) is 5.72 Å². The van der Waals surface area contributed by atoms with Crippen LogP contribution in [0.2, 0.25) is 0 Å². The van der Waals surface area contributed by atoms with Crippen LogP contribution in [0, 0.1) is 5.53 Å². The molecule has 0 aromatic heterocycles. The summed E-state index contributed by atoms with van der Waals surface area (Å²) in [5.41, 5.74) is 5.88. The Bertz CT molecular complexity index is 70.1. The van der Waals surface area contributed by atoms with Gasteiger partial charge in [-0.15, -0.1) is 0 Å². The molecule has 0 aliphatic rings. The second-order valence-electron chi connectivity index (χ2n) is 1.76. The fourth-order valence-electron chi connectivity index (χ4n) is 0.0456. The Labute approximate surface area is 43.2 Å². The van der Waals surface area contributed by atoms with Crippen molar-refractivity contribution >= 4 is 0 Å². The van der Waals surface area contributed by atoms with Crippen LogP contribution in [0.15, 0.2) is 5.11 Å².